The molecule has 7 nitrogen and oxygen atoms in total. The molecule has 0 amide bonds. The van der Waals surface area contributed by atoms with Crippen LogP contribution in [0.25, 0.3) is 0 Å². The second-order valence-electron chi connectivity index (χ2n) is 5.25. The maximum absolute atomic E-state index is 8.78. The number of morpholine rings is 1. The van der Waals surface area contributed by atoms with Gasteiger partial charge in [-0.25, -0.2) is 0 Å². The van der Waals surface area contributed by atoms with Crippen molar-refractivity contribution in [3.8, 4) is 0 Å². The van der Waals surface area contributed by atoms with Crippen molar-refractivity contribution in [2.75, 3.05) is 39.5 Å². The number of ether oxygens (including phenoxy) is 1. The highest BCUT2D eigenvalue weighted by Gasteiger charge is 2.13. The van der Waals surface area contributed by atoms with Crippen LogP contribution < -0.4 is 5.32 Å². The molecule has 1 aliphatic heterocycles. The van der Waals surface area contributed by atoms with Crippen LogP contribution in [0, 0.1) is 0 Å². The van der Waals surface area contributed by atoms with E-state index in [4.69, 9.17) is 9.84 Å². The molecule has 0 aliphatic carbocycles. The van der Waals surface area contributed by atoms with Gasteiger partial charge in [-0.15, -0.1) is 5.10 Å². The fourth-order valence-electron chi connectivity index (χ4n) is 2.28. The number of aromatic nitrogens is 3. The lowest BCUT2D eigenvalue weighted by atomic mass is 10.2. The van der Waals surface area contributed by atoms with Gasteiger partial charge in [-0.05, 0) is 13.3 Å². The minimum Gasteiger partial charge on any atom is -0.396 e. The molecular weight excluding hydrogens is 258 g/mol. The Bertz CT molecular complexity index is 379. The van der Waals surface area contributed by atoms with Crippen molar-refractivity contribution in [1.82, 2.24) is 25.2 Å². The third kappa shape index (κ3) is 5.16. The lowest BCUT2D eigenvalue weighted by molar-refractivity contribution is 0.0343. The fourth-order valence-corrected chi connectivity index (χ4v) is 2.28. The standard InChI is InChI=1S/C13H25N5O2/c1-12(10-17-4-7-20-8-5-17)14-9-13-11-18(16-15-13)3-2-6-19/h11-12,14,19H,2-10H2,1H3. The predicted octanol–water partition coefficient (Wildman–Crippen LogP) is -0.529. The Morgan fingerprint density at radius 1 is 1.45 bits per heavy atom. The zero-order chi connectivity index (χ0) is 14.2. The third-order valence-corrected chi connectivity index (χ3v) is 3.40. The summed E-state index contributed by atoms with van der Waals surface area (Å²) >= 11 is 0. The van der Waals surface area contributed by atoms with Gasteiger partial charge >= 0.3 is 0 Å². The normalized spacial score (nSPS) is 18.3. The molecule has 0 bridgehead atoms. The van der Waals surface area contributed by atoms with Crippen molar-refractivity contribution in [3.05, 3.63) is 11.9 Å². The molecule has 1 unspecified atom stereocenters. The number of aliphatic hydroxyl groups is 1. The highest BCUT2D eigenvalue weighted by atomic mass is 16.5. The summed E-state index contributed by atoms with van der Waals surface area (Å²) in [6.45, 7) is 8.56. The summed E-state index contributed by atoms with van der Waals surface area (Å²) in [5, 5.41) is 20.4. The van der Waals surface area contributed by atoms with E-state index in [1.54, 1.807) is 4.68 Å². The molecule has 2 N–H and O–H groups in total. The molecule has 0 radical (unpaired) electrons. The van der Waals surface area contributed by atoms with E-state index < -0.39 is 0 Å². The molecular formula is C13H25N5O2. The van der Waals surface area contributed by atoms with E-state index in [0.717, 1.165) is 45.1 Å². The van der Waals surface area contributed by atoms with Gasteiger partial charge in [0.05, 0.1) is 18.9 Å². The van der Waals surface area contributed by atoms with E-state index in [1.807, 2.05) is 6.20 Å². The van der Waals surface area contributed by atoms with Gasteiger partial charge in [0.1, 0.15) is 0 Å². The number of nitrogens with one attached hydrogen (secondary N) is 1. The number of nitrogens with zero attached hydrogens (tertiary/aromatic N) is 4. The zero-order valence-electron chi connectivity index (χ0n) is 12.2. The molecule has 1 saturated heterocycles. The van der Waals surface area contributed by atoms with Crippen molar-refractivity contribution >= 4 is 0 Å². The summed E-state index contributed by atoms with van der Waals surface area (Å²) in [4.78, 5) is 2.42. The summed E-state index contributed by atoms with van der Waals surface area (Å²) in [7, 11) is 0. The average Bonchev–Trinajstić information content (AvgIpc) is 2.92. The number of hydrogen-bond acceptors (Lipinski definition) is 6. The topological polar surface area (TPSA) is 75.4 Å². The second kappa shape index (κ2) is 8.31. The first kappa shape index (κ1) is 15.4. The van der Waals surface area contributed by atoms with E-state index in [1.165, 1.54) is 0 Å². The molecule has 114 valence electrons. The van der Waals surface area contributed by atoms with E-state index >= 15 is 0 Å². The van der Waals surface area contributed by atoms with E-state index in [2.05, 4.69) is 27.5 Å². The van der Waals surface area contributed by atoms with E-state index in [0.29, 0.717) is 19.0 Å². The number of hydrogen-bond donors (Lipinski definition) is 2. The highest BCUT2D eigenvalue weighted by molar-refractivity contribution is 4.92. The lowest BCUT2D eigenvalue weighted by Crippen LogP contribution is -2.44. The van der Waals surface area contributed by atoms with Gasteiger partial charge in [-0.1, -0.05) is 5.21 Å². The SMILES string of the molecule is CC(CN1CCOCC1)NCc1cn(CCCO)nn1. The van der Waals surface area contributed by atoms with Crippen LogP contribution in [-0.2, 0) is 17.8 Å². The van der Waals surface area contributed by atoms with E-state index in [-0.39, 0.29) is 6.61 Å². The highest BCUT2D eigenvalue weighted by Crippen LogP contribution is 2.00. The molecule has 1 aromatic rings. The Morgan fingerprint density at radius 3 is 3.00 bits per heavy atom. The number of rotatable bonds is 8. The quantitative estimate of drug-likeness (QED) is 0.668. The first-order valence-electron chi connectivity index (χ1n) is 7.31. The lowest BCUT2D eigenvalue weighted by Gasteiger charge is -2.29. The molecule has 20 heavy (non-hydrogen) atoms. The maximum Gasteiger partial charge on any atom is 0.0964 e. The summed E-state index contributed by atoms with van der Waals surface area (Å²) in [5.41, 5.74) is 0.941. The van der Waals surface area contributed by atoms with Gasteiger partial charge in [0, 0.05) is 51.6 Å². The van der Waals surface area contributed by atoms with Crippen LogP contribution in [0.2, 0.25) is 0 Å². The monoisotopic (exact) mass is 283 g/mol. The molecule has 1 aromatic heterocycles. The molecule has 2 heterocycles. The molecule has 1 atom stereocenters. The largest absolute Gasteiger partial charge is 0.396 e. The van der Waals surface area contributed by atoms with Crippen LogP contribution in [0.1, 0.15) is 19.0 Å². The van der Waals surface area contributed by atoms with Gasteiger partial charge in [-0.2, -0.15) is 0 Å². The molecule has 1 aliphatic rings. The Morgan fingerprint density at radius 2 is 2.25 bits per heavy atom. The smallest absolute Gasteiger partial charge is 0.0964 e. The zero-order valence-corrected chi connectivity index (χ0v) is 12.2. The summed E-state index contributed by atoms with van der Waals surface area (Å²) < 4.78 is 7.12. The first-order chi connectivity index (χ1) is 9.78. The van der Waals surface area contributed by atoms with Crippen molar-refractivity contribution in [2.45, 2.75) is 32.5 Å². The first-order valence-corrected chi connectivity index (χ1v) is 7.31. The van der Waals surface area contributed by atoms with Crippen molar-refractivity contribution in [2.24, 2.45) is 0 Å². The molecule has 7 heteroatoms. The van der Waals surface area contributed by atoms with Crippen molar-refractivity contribution in [1.29, 1.82) is 0 Å². The molecule has 0 spiro atoms. The van der Waals surface area contributed by atoms with Crippen molar-refractivity contribution in [3.63, 3.8) is 0 Å². The van der Waals surface area contributed by atoms with E-state index in [9.17, 15) is 0 Å². The average molecular weight is 283 g/mol. The third-order valence-electron chi connectivity index (χ3n) is 3.40. The summed E-state index contributed by atoms with van der Waals surface area (Å²) in [6, 6.07) is 0.413. The number of aliphatic hydroxyl groups excluding tert-OH is 1. The molecule has 2 rings (SSSR count). The summed E-state index contributed by atoms with van der Waals surface area (Å²) in [6.07, 6.45) is 2.65. The van der Waals surface area contributed by atoms with Crippen LogP contribution in [-0.4, -0.2) is 70.5 Å². The Labute approximate surface area is 119 Å². The maximum atomic E-state index is 8.78. The van der Waals surface area contributed by atoms with Gasteiger partial charge in [-0.3, -0.25) is 9.58 Å². The van der Waals surface area contributed by atoms with Crippen LogP contribution >= 0.6 is 0 Å². The van der Waals surface area contributed by atoms with Crippen LogP contribution in [0.5, 0.6) is 0 Å². The van der Waals surface area contributed by atoms with Crippen molar-refractivity contribution < 1.29 is 9.84 Å². The minimum absolute atomic E-state index is 0.185. The van der Waals surface area contributed by atoms with Crippen LogP contribution in [0.3, 0.4) is 0 Å². The Kier molecular flexibility index (Phi) is 6.38. The van der Waals surface area contributed by atoms with Crippen LogP contribution in [0.4, 0.5) is 0 Å². The summed E-state index contributed by atoms with van der Waals surface area (Å²) in [5.74, 6) is 0. The van der Waals surface area contributed by atoms with Gasteiger partial charge in [0.25, 0.3) is 0 Å². The second-order valence-corrected chi connectivity index (χ2v) is 5.25. The van der Waals surface area contributed by atoms with Gasteiger partial charge < -0.3 is 15.2 Å². The molecule has 1 fully saturated rings. The predicted molar refractivity (Wildman–Crippen MR) is 75.3 cm³/mol. The minimum atomic E-state index is 0.185. The molecule has 0 saturated carbocycles. The van der Waals surface area contributed by atoms with Crippen LogP contribution in [0.15, 0.2) is 6.20 Å². The Hall–Kier alpha value is -1.02. The van der Waals surface area contributed by atoms with Gasteiger partial charge in [0.15, 0.2) is 0 Å². The Balaban J connectivity index is 1.66. The number of aryl methyl sites for hydroxylation is 1. The molecule has 0 aromatic carbocycles. The fraction of sp³-hybridized carbons (Fsp3) is 0.846. The van der Waals surface area contributed by atoms with Gasteiger partial charge in [0.2, 0.25) is 0 Å².